The van der Waals surface area contributed by atoms with E-state index in [9.17, 15) is 10.1 Å². The van der Waals surface area contributed by atoms with Crippen LogP contribution in [0.2, 0.25) is 0 Å². The Morgan fingerprint density at radius 3 is 3.15 bits per heavy atom. The van der Waals surface area contributed by atoms with Gasteiger partial charge in [-0.25, -0.2) is 0 Å². The molecule has 1 fully saturated rings. The summed E-state index contributed by atoms with van der Waals surface area (Å²) in [5.74, 6) is 0.534. The molecule has 7 heteroatoms. The Morgan fingerprint density at radius 2 is 2.54 bits per heavy atom. The van der Waals surface area contributed by atoms with Crippen LogP contribution in [0.3, 0.4) is 0 Å². The Bertz CT molecular complexity index is 316. The molecular formula is C6H5ClNO4P. The van der Waals surface area contributed by atoms with Crippen LogP contribution in [0.15, 0.2) is 23.6 Å². The Balaban J connectivity index is 2.25. The molecule has 1 heterocycles. The van der Waals surface area contributed by atoms with Crippen LogP contribution in [0, 0.1) is 10.1 Å². The molecule has 5 nitrogen and oxygen atoms in total. The first-order chi connectivity index (χ1) is 6.15. The lowest BCUT2D eigenvalue weighted by molar-refractivity contribution is -0.420. The lowest BCUT2D eigenvalue weighted by atomic mass is 10.1. The summed E-state index contributed by atoms with van der Waals surface area (Å²) in [5, 5.41) is 10.4. The Morgan fingerprint density at radius 1 is 1.77 bits per heavy atom. The lowest BCUT2D eigenvalue weighted by Gasteiger charge is -2.27. The summed E-state index contributed by atoms with van der Waals surface area (Å²) in [5.41, 5.74) is 0.00557. The van der Waals surface area contributed by atoms with E-state index in [-0.39, 0.29) is 11.8 Å². The molecule has 0 radical (unpaired) electrons. The van der Waals surface area contributed by atoms with Crippen LogP contribution in [0.25, 0.3) is 0 Å². The Hall–Kier alpha value is -0.640. The second kappa shape index (κ2) is 3.25. The summed E-state index contributed by atoms with van der Waals surface area (Å²) in [6, 6.07) is 0. The molecule has 1 aliphatic heterocycles. The number of hydrogen-bond acceptors (Lipinski definition) is 4. The maximum Gasteiger partial charge on any atom is 0.338 e. The average molecular weight is 222 g/mol. The molecule has 0 aromatic heterocycles. The molecule has 2 atom stereocenters. The third kappa shape index (κ3) is 1.82. The Labute approximate surface area is 79.8 Å². The van der Waals surface area contributed by atoms with Crippen molar-refractivity contribution in [3.63, 3.8) is 0 Å². The summed E-state index contributed by atoms with van der Waals surface area (Å²) in [4.78, 5) is 9.95. The van der Waals surface area contributed by atoms with Gasteiger partial charge in [-0.1, -0.05) is 0 Å². The normalized spacial score (nSPS) is 31.5. The molecule has 0 aromatic carbocycles. The van der Waals surface area contributed by atoms with Gasteiger partial charge in [0.2, 0.25) is 0 Å². The predicted octanol–water partition coefficient (Wildman–Crippen LogP) is 2.32. The van der Waals surface area contributed by atoms with Gasteiger partial charge >= 0.3 is 7.73 Å². The van der Waals surface area contributed by atoms with Crippen LogP contribution < -0.4 is 0 Å². The Kier molecular flexibility index (Phi) is 2.24. The van der Waals surface area contributed by atoms with Gasteiger partial charge in [0.1, 0.15) is 5.76 Å². The zero-order chi connectivity index (χ0) is 9.42. The van der Waals surface area contributed by atoms with Crippen molar-refractivity contribution in [3.8, 4) is 0 Å². The summed E-state index contributed by atoms with van der Waals surface area (Å²) in [6.45, 7) is 0. The number of rotatable bonds is 1. The molecule has 0 amide bonds. The van der Waals surface area contributed by atoms with Crippen molar-refractivity contribution in [1.82, 2.24) is 0 Å². The van der Waals surface area contributed by atoms with E-state index in [1.807, 2.05) is 0 Å². The minimum Gasteiger partial charge on any atom is -0.440 e. The monoisotopic (exact) mass is 221 g/mol. The maximum atomic E-state index is 10.4. The van der Waals surface area contributed by atoms with Crippen LogP contribution in [-0.4, -0.2) is 11.0 Å². The third-order valence-corrected chi connectivity index (χ3v) is 2.95. The first-order valence-electron chi connectivity index (χ1n) is 3.52. The van der Waals surface area contributed by atoms with E-state index in [4.69, 9.17) is 20.3 Å². The fourth-order valence-electron chi connectivity index (χ4n) is 1.18. The van der Waals surface area contributed by atoms with Crippen molar-refractivity contribution in [2.24, 2.45) is 0 Å². The molecule has 2 unspecified atom stereocenters. The number of halogens is 1. The molecule has 2 aliphatic rings. The molecule has 70 valence electrons. The highest BCUT2D eigenvalue weighted by atomic mass is 35.7. The molecule has 1 aliphatic carbocycles. The molecule has 13 heavy (non-hydrogen) atoms. The van der Waals surface area contributed by atoms with Crippen LogP contribution in [0.4, 0.5) is 0 Å². The van der Waals surface area contributed by atoms with Gasteiger partial charge < -0.3 is 9.05 Å². The number of hydrogen-bond donors (Lipinski definition) is 0. The zero-order valence-corrected chi connectivity index (χ0v) is 7.99. The van der Waals surface area contributed by atoms with Crippen molar-refractivity contribution >= 4 is 19.0 Å². The first kappa shape index (κ1) is 8.94. The molecule has 0 saturated carbocycles. The van der Waals surface area contributed by atoms with Crippen molar-refractivity contribution in [2.45, 2.75) is 12.5 Å². The fourth-order valence-corrected chi connectivity index (χ4v) is 2.46. The maximum absolute atomic E-state index is 10.4. The van der Waals surface area contributed by atoms with E-state index in [0.717, 1.165) is 0 Å². The standard InChI is InChI=1S/C6H5ClNO4P/c7-13-11-5-1-4(8(9)10)2-6(3-5)12-13/h1-2,5H,3H2. The fraction of sp³-hybridized carbons (Fsp3) is 0.333. The summed E-state index contributed by atoms with van der Waals surface area (Å²) in [6.07, 6.45) is 3.06. The van der Waals surface area contributed by atoms with E-state index in [1.54, 1.807) is 0 Å². The van der Waals surface area contributed by atoms with Gasteiger partial charge in [-0.05, 0) is 11.2 Å². The van der Waals surface area contributed by atoms with Crippen molar-refractivity contribution in [3.05, 3.63) is 33.7 Å². The SMILES string of the molecule is O=[N+]([O-])C1=CC2CC(=C1)OP(Cl)O2. The topological polar surface area (TPSA) is 61.6 Å². The van der Waals surface area contributed by atoms with Crippen molar-refractivity contribution in [1.29, 1.82) is 0 Å². The quantitative estimate of drug-likeness (QED) is 0.387. The van der Waals surface area contributed by atoms with Gasteiger partial charge in [0, 0.05) is 12.5 Å². The van der Waals surface area contributed by atoms with Crippen molar-refractivity contribution in [2.75, 3.05) is 0 Å². The summed E-state index contributed by atoms with van der Waals surface area (Å²) in [7, 11) is -1.43. The van der Waals surface area contributed by atoms with Gasteiger partial charge in [-0.3, -0.25) is 10.1 Å². The van der Waals surface area contributed by atoms with Gasteiger partial charge in [0.25, 0.3) is 5.70 Å². The number of fused-ring (bicyclic) bond motifs is 2. The van der Waals surface area contributed by atoms with Gasteiger partial charge in [0.15, 0.2) is 0 Å². The highest BCUT2D eigenvalue weighted by molar-refractivity contribution is 7.76. The smallest absolute Gasteiger partial charge is 0.338 e. The molecule has 0 spiro atoms. The molecule has 1 saturated heterocycles. The van der Waals surface area contributed by atoms with Gasteiger partial charge in [-0.2, -0.15) is 0 Å². The minimum absolute atomic E-state index is 0.00557. The molecular weight excluding hydrogens is 216 g/mol. The summed E-state index contributed by atoms with van der Waals surface area (Å²) >= 11 is 5.63. The third-order valence-electron chi connectivity index (χ3n) is 1.69. The molecule has 2 rings (SSSR count). The van der Waals surface area contributed by atoms with E-state index >= 15 is 0 Å². The second-order valence-corrected chi connectivity index (χ2v) is 4.26. The largest absolute Gasteiger partial charge is 0.440 e. The van der Waals surface area contributed by atoms with E-state index in [1.165, 1.54) is 12.2 Å². The van der Waals surface area contributed by atoms with Crippen LogP contribution in [0.1, 0.15) is 6.42 Å². The lowest BCUT2D eigenvalue weighted by Crippen LogP contribution is -2.19. The van der Waals surface area contributed by atoms with E-state index in [0.29, 0.717) is 12.2 Å². The molecule has 2 bridgehead atoms. The van der Waals surface area contributed by atoms with Gasteiger partial charge in [-0.15, -0.1) is 0 Å². The van der Waals surface area contributed by atoms with Crippen LogP contribution >= 0.6 is 19.0 Å². The second-order valence-electron chi connectivity index (χ2n) is 2.61. The summed E-state index contributed by atoms with van der Waals surface area (Å²) < 4.78 is 10.2. The molecule has 0 aromatic rings. The van der Waals surface area contributed by atoms with Crippen molar-refractivity contribution < 1.29 is 14.0 Å². The van der Waals surface area contributed by atoms with E-state index in [2.05, 4.69) is 0 Å². The van der Waals surface area contributed by atoms with Crippen LogP contribution in [-0.2, 0) is 9.05 Å². The van der Waals surface area contributed by atoms with E-state index < -0.39 is 12.7 Å². The van der Waals surface area contributed by atoms with Crippen LogP contribution in [0.5, 0.6) is 0 Å². The predicted molar refractivity (Wildman–Crippen MR) is 46.5 cm³/mol. The highest BCUT2D eigenvalue weighted by Crippen LogP contribution is 2.53. The number of allylic oxidation sites excluding steroid dienone is 1. The average Bonchev–Trinajstić information content (AvgIpc) is 2.01. The zero-order valence-electron chi connectivity index (χ0n) is 6.34. The number of nitrogens with zero attached hydrogens (tertiary/aromatic N) is 1. The minimum atomic E-state index is -1.43. The number of nitro groups is 1. The molecule has 0 N–H and O–H groups in total. The van der Waals surface area contributed by atoms with Gasteiger partial charge in [0.05, 0.1) is 17.1 Å². The highest BCUT2D eigenvalue weighted by Gasteiger charge is 2.31. The first-order valence-corrected chi connectivity index (χ1v) is 5.61.